The van der Waals surface area contributed by atoms with Gasteiger partial charge in [0.15, 0.2) is 0 Å². The summed E-state index contributed by atoms with van der Waals surface area (Å²) < 4.78 is 0. The van der Waals surface area contributed by atoms with Gasteiger partial charge in [-0.15, -0.1) is 0 Å². The molecule has 8 bridgehead atoms. The molecule has 42 heavy (non-hydrogen) atoms. The van der Waals surface area contributed by atoms with E-state index in [1.54, 1.807) is 11.1 Å². The summed E-state index contributed by atoms with van der Waals surface area (Å²) in [5.41, 5.74) is 16.7. The highest BCUT2D eigenvalue weighted by atomic mass is 14.8. The average molecular weight is 555 g/mol. The molecule has 2 aliphatic rings. The molecule has 0 unspecified atom stereocenters. The lowest BCUT2D eigenvalue weighted by molar-refractivity contribution is 0.802. The Morgan fingerprint density at radius 1 is 0.500 bits per heavy atom. The van der Waals surface area contributed by atoms with Crippen molar-refractivity contribution in [1.29, 1.82) is 0 Å². The van der Waals surface area contributed by atoms with Gasteiger partial charge in [-0.3, -0.25) is 0 Å². The van der Waals surface area contributed by atoms with Gasteiger partial charge in [-0.1, -0.05) is 59.4 Å². The van der Waals surface area contributed by atoms with Crippen LogP contribution in [0.15, 0.2) is 48.5 Å². The van der Waals surface area contributed by atoms with Gasteiger partial charge in [-0.05, 0) is 120 Å². The van der Waals surface area contributed by atoms with Crippen LogP contribution in [-0.4, -0.2) is 19.9 Å². The first-order valence-electron chi connectivity index (χ1n) is 15.8. The van der Waals surface area contributed by atoms with E-state index in [4.69, 9.17) is 9.97 Å². The summed E-state index contributed by atoms with van der Waals surface area (Å²) >= 11 is 0. The van der Waals surface area contributed by atoms with Crippen LogP contribution >= 0.6 is 0 Å². The van der Waals surface area contributed by atoms with Crippen molar-refractivity contribution in [3.63, 3.8) is 0 Å². The monoisotopic (exact) mass is 554 g/mol. The number of nitrogens with one attached hydrogen (secondary N) is 2. The number of hydrogen-bond donors (Lipinski definition) is 2. The van der Waals surface area contributed by atoms with Gasteiger partial charge in [-0.25, -0.2) is 9.97 Å². The highest BCUT2D eigenvalue weighted by Crippen LogP contribution is 2.39. The molecule has 4 nitrogen and oxygen atoms in total. The zero-order chi connectivity index (χ0) is 29.1. The Hall–Kier alpha value is -4.18. The Bertz CT molecular complexity index is 1740. The Morgan fingerprint density at radius 3 is 1.50 bits per heavy atom. The zero-order valence-corrected chi connectivity index (χ0v) is 25.5. The van der Waals surface area contributed by atoms with Crippen molar-refractivity contribution in [2.75, 3.05) is 0 Å². The molecule has 0 aliphatic carbocycles. The van der Waals surface area contributed by atoms with Crippen LogP contribution in [0, 0.1) is 0 Å². The maximum absolute atomic E-state index is 5.21. The van der Waals surface area contributed by atoms with E-state index in [2.05, 4.69) is 110 Å². The number of aromatic nitrogens is 4. The van der Waals surface area contributed by atoms with Gasteiger partial charge in [0.05, 0.1) is 22.8 Å². The second-order valence-electron chi connectivity index (χ2n) is 11.6. The fraction of sp³-hybridized carbons (Fsp3) is 0.316. The number of H-pyrrole nitrogens is 2. The van der Waals surface area contributed by atoms with Crippen molar-refractivity contribution in [2.45, 2.75) is 79.1 Å². The van der Waals surface area contributed by atoms with Crippen molar-refractivity contribution < 1.29 is 0 Å². The van der Waals surface area contributed by atoms with Crippen LogP contribution in [0.5, 0.6) is 0 Å². The summed E-state index contributed by atoms with van der Waals surface area (Å²) in [5, 5.41) is 0. The van der Waals surface area contributed by atoms with E-state index < -0.39 is 0 Å². The minimum absolute atomic E-state index is 0.950. The largest absolute Gasteiger partial charge is 0.355 e. The summed E-state index contributed by atoms with van der Waals surface area (Å²) in [6.45, 7) is 9.23. The molecular formula is C38H42N4. The van der Waals surface area contributed by atoms with E-state index in [0.29, 0.717) is 0 Å². The summed E-state index contributed by atoms with van der Waals surface area (Å²) in [6.07, 6.45) is 17.6. The molecule has 1 aromatic carbocycles. The van der Waals surface area contributed by atoms with E-state index in [0.717, 1.165) is 95.4 Å². The molecule has 214 valence electrons. The Balaban J connectivity index is 1.72. The van der Waals surface area contributed by atoms with Gasteiger partial charge >= 0.3 is 0 Å². The van der Waals surface area contributed by atoms with Crippen molar-refractivity contribution in [3.8, 4) is 11.1 Å². The third-order valence-corrected chi connectivity index (χ3v) is 8.26. The number of aryl methyl sites for hydroxylation is 1. The van der Waals surface area contributed by atoms with Gasteiger partial charge in [0, 0.05) is 27.6 Å². The van der Waals surface area contributed by atoms with Crippen molar-refractivity contribution in [3.05, 3.63) is 93.6 Å². The minimum Gasteiger partial charge on any atom is -0.355 e. The van der Waals surface area contributed by atoms with E-state index in [9.17, 15) is 0 Å². The standard InChI is InChI=1S/C38H42N4/c1-5-9-25-21-35(34(12-8-4)33(11-7-3)32(25)10-6-2)38-36-19-17-30(41-36)23-28-15-13-26(39-28)22-27-14-16-29(40-27)24-31-18-20-37(38)42-31/h13-24,39-40H,5-12H2,1-4H3. The summed E-state index contributed by atoms with van der Waals surface area (Å²) in [6, 6.07) is 17.3. The number of nitrogens with zero attached hydrogens (tertiary/aromatic N) is 2. The third-order valence-electron chi connectivity index (χ3n) is 8.26. The minimum atomic E-state index is 0.950. The quantitative estimate of drug-likeness (QED) is 0.187. The summed E-state index contributed by atoms with van der Waals surface area (Å²) in [4.78, 5) is 17.5. The second-order valence-corrected chi connectivity index (χ2v) is 11.6. The van der Waals surface area contributed by atoms with Crippen LogP contribution in [0.4, 0.5) is 0 Å². The van der Waals surface area contributed by atoms with Gasteiger partial charge in [0.25, 0.3) is 0 Å². The van der Waals surface area contributed by atoms with Crippen LogP contribution in [0.25, 0.3) is 57.5 Å². The Kier molecular flexibility index (Phi) is 8.23. The fourth-order valence-corrected chi connectivity index (χ4v) is 6.54. The van der Waals surface area contributed by atoms with E-state index in [1.807, 2.05) is 0 Å². The van der Waals surface area contributed by atoms with Gasteiger partial charge < -0.3 is 9.97 Å². The number of benzene rings is 1. The topological polar surface area (TPSA) is 57.4 Å². The molecule has 5 heterocycles. The number of aromatic amines is 2. The third kappa shape index (κ3) is 5.63. The predicted octanol–water partition coefficient (Wildman–Crippen LogP) is 10.1. The fourth-order valence-electron chi connectivity index (χ4n) is 6.54. The maximum atomic E-state index is 5.21. The highest BCUT2D eigenvalue weighted by molar-refractivity contribution is 5.90. The van der Waals surface area contributed by atoms with E-state index in [1.165, 1.54) is 23.1 Å². The molecule has 0 fully saturated rings. The van der Waals surface area contributed by atoms with Crippen LogP contribution in [0.2, 0.25) is 0 Å². The van der Waals surface area contributed by atoms with Gasteiger partial charge in [0.2, 0.25) is 0 Å². The molecule has 0 saturated carbocycles. The number of rotatable bonds is 9. The lowest BCUT2D eigenvalue weighted by atomic mass is 9.81. The second kappa shape index (κ2) is 12.4. The van der Waals surface area contributed by atoms with E-state index in [-0.39, 0.29) is 0 Å². The smallest absolute Gasteiger partial charge is 0.0737 e. The van der Waals surface area contributed by atoms with Crippen LogP contribution < -0.4 is 0 Å². The normalized spacial score (nSPS) is 12.4. The van der Waals surface area contributed by atoms with Crippen LogP contribution in [0.3, 0.4) is 0 Å². The first-order valence-corrected chi connectivity index (χ1v) is 15.8. The molecule has 2 aliphatic heterocycles. The highest BCUT2D eigenvalue weighted by Gasteiger charge is 2.22. The molecule has 0 saturated heterocycles. The Morgan fingerprint density at radius 2 is 0.976 bits per heavy atom. The van der Waals surface area contributed by atoms with Crippen molar-refractivity contribution >= 4 is 46.4 Å². The molecule has 0 radical (unpaired) electrons. The molecule has 0 spiro atoms. The molecule has 2 N–H and O–H groups in total. The van der Waals surface area contributed by atoms with Gasteiger partial charge in [-0.2, -0.15) is 0 Å². The zero-order valence-electron chi connectivity index (χ0n) is 25.5. The maximum Gasteiger partial charge on any atom is 0.0737 e. The molecule has 4 aromatic rings. The number of fused-ring (bicyclic) bond motifs is 8. The van der Waals surface area contributed by atoms with Crippen molar-refractivity contribution in [1.82, 2.24) is 19.9 Å². The molecule has 3 aromatic heterocycles. The number of hydrogen-bond acceptors (Lipinski definition) is 2. The first-order chi connectivity index (χ1) is 20.6. The lowest BCUT2D eigenvalue weighted by Gasteiger charge is -2.23. The molecule has 0 amide bonds. The van der Waals surface area contributed by atoms with Crippen molar-refractivity contribution in [2.24, 2.45) is 0 Å². The molecule has 6 rings (SSSR count). The predicted molar refractivity (Wildman–Crippen MR) is 180 cm³/mol. The van der Waals surface area contributed by atoms with E-state index >= 15 is 0 Å². The lowest BCUT2D eigenvalue weighted by Crippen LogP contribution is -2.08. The summed E-state index contributed by atoms with van der Waals surface area (Å²) in [5.74, 6) is 0. The van der Waals surface area contributed by atoms with Crippen LogP contribution in [0.1, 0.15) is 98.4 Å². The van der Waals surface area contributed by atoms with Gasteiger partial charge in [0.1, 0.15) is 0 Å². The average Bonchev–Trinajstić information content (AvgIpc) is 3.79. The molecular weight excluding hydrogens is 512 g/mol. The molecule has 4 heteroatoms. The van der Waals surface area contributed by atoms with Crippen LogP contribution in [-0.2, 0) is 25.7 Å². The SMILES string of the molecule is CCCc1cc(-c2c3nc(cc4ccc(cc5ccc(cc6nc2C=C6)[nH]5)[nH]4)C=C3)c(CCC)c(CCC)c1CCC. The summed E-state index contributed by atoms with van der Waals surface area (Å²) in [7, 11) is 0. The molecule has 0 atom stereocenters. The first kappa shape index (κ1) is 28.0. The Labute approximate surface area is 249 Å².